The lowest BCUT2D eigenvalue weighted by atomic mass is 10.1. The number of halogens is 2. The predicted octanol–water partition coefficient (Wildman–Crippen LogP) is 4.28. The quantitative estimate of drug-likeness (QED) is 0.769. The molecule has 1 saturated carbocycles. The standard InChI is InChI=1S/C15H16BrClN2O/c16-10-3-4-12-11(7-10)18-14(8-17)19(12)13-5-6-20-15(13)9-1-2-9/h3-4,7,9,13,15H,1-2,5-6,8H2. The van der Waals surface area contributed by atoms with Crippen LogP contribution in [0.2, 0.25) is 0 Å². The molecule has 2 unspecified atom stereocenters. The number of fused-ring (bicyclic) bond motifs is 1. The molecule has 2 atom stereocenters. The third-order valence-electron chi connectivity index (χ3n) is 4.37. The number of rotatable bonds is 3. The monoisotopic (exact) mass is 354 g/mol. The molecule has 2 fully saturated rings. The fourth-order valence-corrected chi connectivity index (χ4v) is 3.87. The molecule has 106 valence electrons. The molecule has 0 amide bonds. The van der Waals surface area contributed by atoms with Crippen LogP contribution in [0, 0.1) is 5.92 Å². The molecule has 0 spiro atoms. The van der Waals surface area contributed by atoms with Crippen molar-refractivity contribution in [3.63, 3.8) is 0 Å². The van der Waals surface area contributed by atoms with Gasteiger partial charge in [0, 0.05) is 11.1 Å². The van der Waals surface area contributed by atoms with E-state index < -0.39 is 0 Å². The van der Waals surface area contributed by atoms with Gasteiger partial charge in [0.1, 0.15) is 5.82 Å². The van der Waals surface area contributed by atoms with E-state index in [2.05, 4.69) is 38.7 Å². The van der Waals surface area contributed by atoms with Gasteiger partial charge in [-0.2, -0.15) is 0 Å². The molecule has 2 aliphatic rings. The Morgan fingerprint density at radius 2 is 2.20 bits per heavy atom. The number of hydrogen-bond acceptors (Lipinski definition) is 2. The van der Waals surface area contributed by atoms with E-state index in [1.165, 1.54) is 18.4 Å². The van der Waals surface area contributed by atoms with Crippen molar-refractivity contribution in [1.82, 2.24) is 9.55 Å². The van der Waals surface area contributed by atoms with E-state index in [1.807, 2.05) is 0 Å². The summed E-state index contributed by atoms with van der Waals surface area (Å²) in [5.74, 6) is 2.14. The summed E-state index contributed by atoms with van der Waals surface area (Å²) in [5.41, 5.74) is 2.18. The summed E-state index contributed by atoms with van der Waals surface area (Å²) >= 11 is 9.64. The average Bonchev–Trinajstić information content (AvgIpc) is 3.07. The lowest BCUT2D eigenvalue weighted by Gasteiger charge is -2.22. The molecule has 5 heteroatoms. The molecule has 20 heavy (non-hydrogen) atoms. The lowest BCUT2D eigenvalue weighted by Crippen LogP contribution is -2.23. The van der Waals surface area contributed by atoms with E-state index in [0.29, 0.717) is 18.0 Å². The summed E-state index contributed by atoms with van der Waals surface area (Å²) in [6.07, 6.45) is 4.01. The van der Waals surface area contributed by atoms with E-state index in [1.54, 1.807) is 0 Å². The van der Waals surface area contributed by atoms with Crippen molar-refractivity contribution in [1.29, 1.82) is 0 Å². The number of imidazole rings is 1. The first kappa shape index (κ1) is 13.1. The van der Waals surface area contributed by atoms with Gasteiger partial charge in [-0.15, -0.1) is 11.6 Å². The SMILES string of the molecule is ClCc1nc2cc(Br)ccc2n1C1CCOC1C1CC1. The zero-order chi connectivity index (χ0) is 13.7. The highest BCUT2D eigenvalue weighted by atomic mass is 79.9. The minimum absolute atomic E-state index is 0.345. The summed E-state index contributed by atoms with van der Waals surface area (Å²) in [6, 6.07) is 6.65. The second-order valence-corrected chi connectivity index (χ2v) is 6.88. The number of ether oxygens (including phenoxy) is 1. The first-order valence-corrected chi connectivity index (χ1v) is 8.44. The van der Waals surface area contributed by atoms with Crippen molar-refractivity contribution in [3.05, 3.63) is 28.5 Å². The Balaban J connectivity index is 1.84. The molecule has 0 radical (unpaired) electrons. The highest BCUT2D eigenvalue weighted by molar-refractivity contribution is 9.10. The molecule has 1 aromatic heterocycles. The van der Waals surface area contributed by atoms with Gasteiger partial charge in [-0.05, 0) is 43.4 Å². The molecule has 2 aromatic rings. The largest absolute Gasteiger partial charge is 0.376 e. The van der Waals surface area contributed by atoms with Gasteiger partial charge in [0.15, 0.2) is 0 Å². The highest BCUT2D eigenvalue weighted by Gasteiger charge is 2.42. The van der Waals surface area contributed by atoms with E-state index in [9.17, 15) is 0 Å². The topological polar surface area (TPSA) is 27.1 Å². The number of nitrogens with zero attached hydrogens (tertiary/aromatic N) is 2. The molecule has 0 N–H and O–H groups in total. The van der Waals surface area contributed by atoms with E-state index in [0.717, 1.165) is 34.8 Å². The molecular formula is C15H16BrClN2O. The Bertz CT molecular complexity index is 653. The number of aromatic nitrogens is 2. The third kappa shape index (κ3) is 2.09. The predicted molar refractivity (Wildman–Crippen MR) is 83.1 cm³/mol. The van der Waals surface area contributed by atoms with Gasteiger partial charge in [0.05, 0.1) is 29.1 Å². The maximum atomic E-state index is 6.13. The van der Waals surface area contributed by atoms with Crippen LogP contribution in [0.3, 0.4) is 0 Å². The summed E-state index contributed by atoms with van der Waals surface area (Å²) in [5, 5.41) is 0. The Labute approximate surface area is 131 Å². The Hall–Kier alpha value is -0.580. The van der Waals surface area contributed by atoms with Crippen LogP contribution in [0.5, 0.6) is 0 Å². The summed E-state index contributed by atoms with van der Waals surface area (Å²) in [4.78, 5) is 4.70. The van der Waals surface area contributed by atoms with Crippen LogP contribution in [0.25, 0.3) is 11.0 Å². The lowest BCUT2D eigenvalue weighted by molar-refractivity contribution is 0.0754. The van der Waals surface area contributed by atoms with Crippen LogP contribution in [0.1, 0.15) is 31.1 Å². The van der Waals surface area contributed by atoms with E-state index in [-0.39, 0.29) is 0 Å². The summed E-state index contributed by atoms with van der Waals surface area (Å²) < 4.78 is 9.36. The smallest absolute Gasteiger partial charge is 0.125 e. The second-order valence-electron chi connectivity index (χ2n) is 5.69. The van der Waals surface area contributed by atoms with Crippen LogP contribution in [0.4, 0.5) is 0 Å². The zero-order valence-electron chi connectivity index (χ0n) is 11.1. The molecule has 4 rings (SSSR count). The van der Waals surface area contributed by atoms with Crippen LogP contribution in [-0.2, 0) is 10.6 Å². The molecular weight excluding hydrogens is 340 g/mol. The van der Waals surface area contributed by atoms with Crippen molar-refractivity contribution < 1.29 is 4.74 Å². The first-order chi connectivity index (χ1) is 9.78. The summed E-state index contributed by atoms with van der Waals surface area (Å²) in [7, 11) is 0. The maximum absolute atomic E-state index is 6.13. The third-order valence-corrected chi connectivity index (χ3v) is 5.10. The minimum Gasteiger partial charge on any atom is -0.376 e. The Morgan fingerprint density at radius 3 is 2.95 bits per heavy atom. The van der Waals surface area contributed by atoms with Gasteiger partial charge < -0.3 is 9.30 Å². The Kier molecular flexibility index (Phi) is 3.28. The van der Waals surface area contributed by atoms with Crippen molar-refractivity contribution >= 4 is 38.6 Å². The van der Waals surface area contributed by atoms with Crippen LogP contribution in [0.15, 0.2) is 22.7 Å². The zero-order valence-corrected chi connectivity index (χ0v) is 13.4. The van der Waals surface area contributed by atoms with Gasteiger partial charge in [-0.3, -0.25) is 0 Å². The van der Waals surface area contributed by atoms with Crippen LogP contribution < -0.4 is 0 Å². The number of hydrogen-bond donors (Lipinski definition) is 0. The van der Waals surface area contributed by atoms with Crippen LogP contribution >= 0.6 is 27.5 Å². The van der Waals surface area contributed by atoms with Gasteiger partial charge in [-0.25, -0.2) is 4.98 Å². The number of benzene rings is 1. The van der Waals surface area contributed by atoms with Gasteiger partial charge >= 0.3 is 0 Å². The number of alkyl halides is 1. The molecule has 1 aromatic carbocycles. The maximum Gasteiger partial charge on any atom is 0.125 e. The Morgan fingerprint density at radius 1 is 1.35 bits per heavy atom. The van der Waals surface area contributed by atoms with Crippen molar-refractivity contribution in [2.45, 2.75) is 37.3 Å². The fourth-order valence-electron chi connectivity index (χ4n) is 3.34. The van der Waals surface area contributed by atoms with E-state index >= 15 is 0 Å². The molecule has 1 saturated heterocycles. The molecule has 1 aliphatic heterocycles. The van der Waals surface area contributed by atoms with Crippen LogP contribution in [-0.4, -0.2) is 22.3 Å². The fraction of sp³-hybridized carbons (Fsp3) is 0.533. The van der Waals surface area contributed by atoms with Crippen molar-refractivity contribution in [2.75, 3.05) is 6.61 Å². The van der Waals surface area contributed by atoms with Crippen molar-refractivity contribution in [3.8, 4) is 0 Å². The normalized spacial score (nSPS) is 26.5. The highest BCUT2D eigenvalue weighted by Crippen LogP contribution is 2.44. The second kappa shape index (κ2) is 5.00. The molecule has 0 bridgehead atoms. The van der Waals surface area contributed by atoms with Crippen molar-refractivity contribution in [2.24, 2.45) is 5.92 Å². The van der Waals surface area contributed by atoms with Gasteiger partial charge in [0.25, 0.3) is 0 Å². The van der Waals surface area contributed by atoms with Gasteiger partial charge in [-0.1, -0.05) is 15.9 Å². The molecule has 2 heterocycles. The van der Waals surface area contributed by atoms with E-state index in [4.69, 9.17) is 21.3 Å². The summed E-state index contributed by atoms with van der Waals surface area (Å²) in [6.45, 7) is 0.851. The van der Waals surface area contributed by atoms with Gasteiger partial charge in [0.2, 0.25) is 0 Å². The first-order valence-electron chi connectivity index (χ1n) is 7.12. The molecule has 3 nitrogen and oxygen atoms in total. The molecule has 1 aliphatic carbocycles. The minimum atomic E-state index is 0.345. The average molecular weight is 356 g/mol.